The fourth-order valence-electron chi connectivity index (χ4n) is 2.78. The number of anilines is 1. The van der Waals surface area contributed by atoms with E-state index < -0.39 is 5.91 Å². The number of hydrogen-bond acceptors (Lipinski definition) is 4. The molecule has 0 radical (unpaired) electrons. The van der Waals surface area contributed by atoms with Crippen LogP contribution in [0.5, 0.6) is 0 Å². The molecular weight excluding hydrogens is 376 g/mol. The summed E-state index contributed by atoms with van der Waals surface area (Å²) >= 11 is 0. The Hall–Kier alpha value is -3.39. The minimum absolute atomic E-state index is 0.00621. The van der Waals surface area contributed by atoms with Crippen molar-refractivity contribution in [2.45, 2.75) is 46.0 Å². The lowest BCUT2D eigenvalue weighted by molar-refractivity contribution is -0.112. The summed E-state index contributed by atoms with van der Waals surface area (Å²) in [6, 6.07) is 16.1. The van der Waals surface area contributed by atoms with Crippen molar-refractivity contribution in [1.29, 1.82) is 5.26 Å². The molecule has 156 valence electrons. The molecule has 2 aromatic rings. The number of esters is 1. The van der Waals surface area contributed by atoms with Gasteiger partial charge in [0.1, 0.15) is 11.6 Å². The van der Waals surface area contributed by atoms with Gasteiger partial charge in [-0.05, 0) is 53.8 Å². The molecule has 0 unspecified atom stereocenters. The largest absolute Gasteiger partial charge is 0.462 e. The molecule has 0 saturated carbocycles. The van der Waals surface area contributed by atoms with E-state index in [0.29, 0.717) is 23.8 Å². The zero-order valence-corrected chi connectivity index (χ0v) is 17.8. The van der Waals surface area contributed by atoms with Gasteiger partial charge >= 0.3 is 5.97 Å². The van der Waals surface area contributed by atoms with E-state index >= 15 is 0 Å². The zero-order chi connectivity index (χ0) is 21.9. The number of carbonyl (C=O) groups excluding carboxylic acids is 2. The Kier molecular flexibility index (Phi) is 8.83. The van der Waals surface area contributed by atoms with Gasteiger partial charge in [0.15, 0.2) is 0 Å². The van der Waals surface area contributed by atoms with Crippen LogP contribution in [0.3, 0.4) is 0 Å². The summed E-state index contributed by atoms with van der Waals surface area (Å²) in [5, 5.41) is 12.1. The van der Waals surface area contributed by atoms with Crippen LogP contribution in [0.1, 0.15) is 67.4 Å². The Labute approximate surface area is 178 Å². The SMILES string of the molecule is CCCCCOC(=O)c1ccc(NC(=O)/C(C#N)=C/c2ccc(C(C)C)cc2)cc1. The Bertz CT molecular complexity index is 920. The third-order valence-corrected chi connectivity index (χ3v) is 4.64. The minimum atomic E-state index is -0.500. The number of unbranched alkanes of at least 4 members (excludes halogenated alkanes) is 2. The molecule has 2 rings (SSSR count). The Morgan fingerprint density at radius 1 is 1.07 bits per heavy atom. The van der Waals surface area contributed by atoms with Gasteiger partial charge in [-0.25, -0.2) is 4.79 Å². The molecule has 0 fully saturated rings. The molecule has 0 heterocycles. The van der Waals surface area contributed by atoms with Crippen LogP contribution in [-0.4, -0.2) is 18.5 Å². The number of benzene rings is 2. The molecule has 5 heteroatoms. The van der Waals surface area contributed by atoms with Crippen molar-refractivity contribution in [3.05, 3.63) is 70.8 Å². The number of nitriles is 1. The summed E-state index contributed by atoms with van der Waals surface area (Å²) < 4.78 is 5.22. The predicted molar refractivity (Wildman–Crippen MR) is 119 cm³/mol. The van der Waals surface area contributed by atoms with Gasteiger partial charge in [-0.1, -0.05) is 57.9 Å². The Balaban J connectivity index is 1.99. The van der Waals surface area contributed by atoms with E-state index in [1.165, 1.54) is 5.56 Å². The molecule has 0 saturated heterocycles. The molecule has 0 aliphatic heterocycles. The average Bonchev–Trinajstić information content (AvgIpc) is 2.75. The molecule has 0 atom stereocenters. The van der Waals surface area contributed by atoms with E-state index in [1.54, 1.807) is 30.3 Å². The molecule has 0 aliphatic carbocycles. The first-order valence-corrected chi connectivity index (χ1v) is 10.2. The topological polar surface area (TPSA) is 79.2 Å². The highest BCUT2D eigenvalue weighted by Crippen LogP contribution is 2.17. The smallest absolute Gasteiger partial charge is 0.338 e. The summed E-state index contributed by atoms with van der Waals surface area (Å²) in [5.41, 5.74) is 2.91. The lowest BCUT2D eigenvalue weighted by Gasteiger charge is -2.07. The van der Waals surface area contributed by atoms with Crippen LogP contribution in [0.25, 0.3) is 6.08 Å². The molecule has 0 aliphatic rings. The van der Waals surface area contributed by atoms with Gasteiger partial charge in [0.25, 0.3) is 5.91 Å². The van der Waals surface area contributed by atoms with Crippen LogP contribution in [0.15, 0.2) is 54.1 Å². The molecule has 30 heavy (non-hydrogen) atoms. The van der Waals surface area contributed by atoms with Gasteiger partial charge in [-0.2, -0.15) is 5.26 Å². The number of rotatable bonds is 9. The van der Waals surface area contributed by atoms with Crippen molar-refractivity contribution in [2.75, 3.05) is 11.9 Å². The molecule has 2 aromatic carbocycles. The molecule has 0 spiro atoms. The maximum Gasteiger partial charge on any atom is 0.338 e. The van der Waals surface area contributed by atoms with Crippen LogP contribution in [0, 0.1) is 11.3 Å². The summed E-state index contributed by atoms with van der Waals surface area (Å²) in [5.74, 6) is -0.467. The summed E-state index contributed by atoms with van der Waals surface area (Å²) in [6.45, 7) is 6.71. The number of carbonyl (C=O) groups is 2. The molecule has 1 N–H and O–H groups in total. The highest BCUT2D eigenvalue weighted by molar-refractivity contribution is 6.09. The van der Waals surface area contributed by atoms with Crippen LogP contribution in [0.2, 0.25) is 0 Å². The quantitative estimate of drug-likeness (QED) is 0.251. The van der Waals surface area contributed by atoms with Gasteiger partial charge in [0, 0.05) is 5.69 Å². The second-order valence-electron chi connectivity index (χ2n) is 7.37. The van der Waals surface area contributed by atoms with Crippen molar-refractivity contribution in [2.24, 2.45) is 0 Å². The fraction of sp³-hybridized carbons (Fsp3) is 0.320. The van der Waals surface area contributed by atoms with E-state index in [0.717, 1.165) is 24.8 Å². The van der Waals surface area contributed by atoms with Crippen molar-refractivity contribution in [1.82, 2.24) is 0 Å². The normalized spacial score (nSPS) is 11.1. The summed E-state index contributed by atoms with van der Waals surface area (Å²) in [7, 11) is 0. The lowest BCUT2D eigenvalue weighted by atomic mass is 10.0. The van der Waals surface area contributed by atoms with Crippen LogP contribution in [0.4, 0.5) is 5.69 Å². The third kappa shape index (κ3) is 6.89. The minimum Gasteiger partial charge on any atom is -0.462 e. The summed E-state index contributed by atoms with van der Waals surface area (Å²) in [4.78, 5) is 24.5. The Morgan fingerprint density at radius 3 is 2.30 bits per heavy atom. The Morgan fingerprint density at radius 2 is 1.73 bits per heavy atom. The summed E-state index contributed by atoms with van der Waals surface area (Å²) in [6.07, 6.45) is 4.49. The number of amides is 1. The van der Waals surface area contributed by atoms with Crippen LogP contribution >= 0.6 is 0 Å². The van der Waals surface area contributed by atoms with Crippen molar-refractivity contribution >= 4 is 23.6 Å². The first-order valence-electron chi connectivity index (χ1n) is 10.2. The number of hydrogen-bond donors (Lipinski definition) is 1. The van der Waals surface area contributed by atoms with Gasteiger partial charge in [0.2, 0.25) is 0 Å². The fourth-order valence-corrected chi connectivity index (χ4v) is 2.78. The molecule has 0 bridgehead atoms. The molecule has 0 aromatic heterocycles. The standard InChI is InChI=1S/C25H28N2O3/c1-4-5-6-15-30-25(29)21-11-13-23(14-12-21)27-24(28)22(17-26)16-19-7-9-20(10-8-19)18(2)3/h7-14,16,18H,4-6,15H2,1-3H3,(H,27,28)/b22-16+. The second kappa shape index (κ2) is 11.6. The monoisotopic (exact) mass is 404 g/mol. The molecular formula is C25H28N2O3. The molecule has 1 amide bonds. The predicted octanol–water partition coefficient (Wildman–Crippen LogP) is 5.70. The van der Waals surface area contributed by atoms with Crippen molar-refractivity contribution < 1.29 is 14.3 Å². The first kappa shape index (κ1) is 22.9. The number of nitrogens with one attached hydrogen (secondary N) is 1. The maximum atomic E-state index is 12.5. The highest BCUT2D eigenvalue weighted by atomic mass is 16.5. The van der Waals surface area contributed by atoms with Gasteiger partial charge in [0.05, 0.1) is 12.2 Å². The second-order valence-corrected chi connectivity index (χ2v) is 7.37. The van der Waals surface area contributed by atoms with Gasteiger partial charge < -0.3 is 10.1 Å². The van der Waals surface area contributed by atoms with E-state index in [4.69, 9.17) is 4.74 Å². The van der Waals surface area contributed by atoms with E-state index in [-0.39, 0.29) is 11.5 Å². The first-order chi connectivity index (χ1) is 14.4. The van der Waals surface area contributed by atoms with Gasteiger partial charge in [-0.15, -0.1) is 0 Å². The van der Waals surface area contributed by atoms with E-state index in [9.17, 15) is 14.9 Å². The van der Waals surface area contributed by atoms with Crippen molar-refractivity contribution in [3.63, 3.8) is 0 Å². The van der Waals surface area contributed by atoms with Crippen LogP contribution < -0.4 is 5.32 Å². The van der Waals surface area contributed by atoms with Gasteiger partial charge in [-0.3, -0.25) is 4.79 Å². The maximum absolute atomic E-state index is 12.5. The van der Waals surface area contributed by atoms with E-state index in [1.807, 2.05) is 30.3 Å². The van der Waals surface area contributed by atoms with E-state index in [2.05, 4.69) is 26.1 Å². The average molecular weight is 405 g/mol. The van der Waals surface area contributed by atoms with Crippen LogP contribution in [-0.2, 0) is 9.53 Å². The molecule has 5 nitrogen and oxygen atoms in total. The third-order valence-electron chi connectivity index (χ3n) is 4.64. The zero-order valence-electron chi connectivity index (χ0n) is 17.8. The lowest BCUT2D eigenvalue weighted by Crippen LogP contribution is -2.13. The number of ether oxygens (including phenoxy) is 1. The highest BCUT2D eigenvalue weighted by Gasteiger charge is 2.11. The van der Waals surface area contributed by atoms with Crippen molar-refractivity contribution in [3.8, 4) is 6.07 Å². The number of nitrogens with zero attached hydrogens (tertiary/aromatic N) is 1.